The zero-order chi connectivity index (χ0) is 11.7. The number of rotatable bonds is 1. The van der Waals surface area contributed by atoms with E-state index in [1.165, 1.54) is 0 Å². The highest BCUT2D eigenvalue weighted by Gasteiger charge is 2.14. The number of aromatic nitrogens is 2. The van der Waals surface area contributed by atoms with Crippen molar-refractivity contribution in [1.82, 2.24) is 9.97 Å². The first kappa shape index (κ1) is 10.5. The van der Waals surface area contributed by atoms with Crippen LogP contribution in [-0.4, -0.2) is 9.97 Å². The van der Waals surface area contributed by atoms with Gasteiger partial charge in [0.15, 0.2) is 0 Å². The molecule has 2 aromatic rings. The maximum absolute atomic E-state index is 13.2. The van der Waals surface area contributed by atoms with Crippen molar-refractivity contribution in [3.8, 4) is 11.3 Å². The SMILES string of the molecule is Fc1[c]c(F)cc(-c2ncnc(F)c2F)c1. The van der Waals surface area contributed by atoms with Crippen LogP contribution in [0.3, 0.4) is 0 Å². The van der Waals surface area contributed by atoms with E-state index in [4.69, 9.17) is 0 Å². The van der Waals surface area contributed by atoms with Crippen molar-refractivity contribution in [3.05, 3.63) is 47.9 Å². The highest BCUT2D eigenvalue weighted by Crippen LogP contribution is 2.22. The van der Waals surface area contributed by atoms with E-state index in [2.05, 4.69) is 9.97 Å². The summed E-state index contributed by atoms with van der Waals surface area (Å²) in [7, 11) is 0. The highest BCUT2D eigenvalue weighted by atomic mass is 19.2. The number of benzene rings is 1. The molecule has 0 spiro atoms. The summed E-state index contributed by atoms with van der Waals surface area (Å²) in [5.41, 5.74) is -0.716. The van der Waals surface area contributed by atoms with Crippen LogP contribution < -0.4 is 0 Å². The Morgan fingerprint density at radius 3 is 2.19 bits per heavy atom. The van der Waals surface area contributed by atoms with E-state index in [-0.39, 0.29) is 5.56 Å². The third-order valence-corrected chi connectivity index (χ3v) is 1.82. The molecule has 0 aliphatic rings. The lowest BCUT2D eigenvalue weighted by molar-refractivity contribution is 0.475. The molecule has 2 rings (SSSR count). The maximum Gasteiger partial charge on any atom is 0.252 e. The van der Waals surface area contributed by atoms with Crippen LogP contribution in [0.5, 0.6) is 0 Å². The van der Waals surface area contributed by atoms with Gasteiger partial charge < -0.3 is 0 Å². The van der Waals surface area contributed by atoms with Gasteiger partial charge in [-0.2, -0.15) is 8.78 Å². The summed E-state index contributed by atoms with van der Waals surface area (Å²) in [6.45, 7) is 0. The molecule has 0 saturated carbocycles. The van der Waals surface area contributed by atoms with Crippen LogP contribution in [0.2, 0.25) is 0 Å². The average Bonchev–Trinajstić information content (AvgIpc) is 2.20. The molecule has 0 fully saturated rings. The molecule has 1 aromatic heterocycles. The molecule has 81 valence electrons. The van der Waals surface area contributed by atoms with Gasteiger partial charge in [-0.05, 0) is 12.1 Å². The molecule has 16 heavy (non-hydrogen) atoms. The number of hydrogen-bond donors (Lipinski definition) is 0. The van der Waals surface area contributed by atoms with Crippen molar-refractivity contribution in [3.63, 3.8) is 0 Å². The van der Waals surface area contributed by atoms with Crippen molar-refractivity contribution < 1.29 is 17.6 Å². The van der Waals surface area contributed by atoms with Gasteiger partial charge in [-0.1, -0.05) is 0 Å². The van der Waals surface area contributed by atoms with E-state index >= 15 is 0 Å². The molecule has 0 N–H and O–H groups in total. The number of hydrogen-bond acceptors (Lipinski definition) is 2. The van der Waals surface area contributed by atoms with E-state index in [0.29, 0.717) is 0 Å². The van der Waals surface area contributed by atoms with E-state index in [1.54, 1.807) is 6.07 Å². The molecule has 1 radical (unpaired) electrons. The Balaban J connectivity index is 2.63. The van der Waals surface area contributed by atoms with Gasteiger partial charge in [-0.3, -0.25) is 0 Å². The minimum atomic E-state index is -1.38. The summed E-state index contributed by atoms with van der Waals surface area (Å²) in [5, 5.41) is 0. The lowest BCUT2D eigenvalue weighted by atomic mass is 10.1. The minimum absolute atomic E-state index is 0.215. The van der Waals surface area contributed by atoms with Crippen molar-refractivity contribution >= 4 is 0 Å². The zero-order valence-electron chi connectivity index (χ0n) is 7.64. The van der Waals surface area contributed by atoms with Crippen LogP contribution >= 0.6 is 0 Å². The summed E-state index contributed by atoms with van der Waals surface area (Å²) in [6.07, 6.45) is 0.764. The lowest BCUT2D eigenvalue weighted by Gasteiger charge is -2.02. The molecule has 0 unspecified atom stereocenters. The molecule has 1 aromatic carbocycles. The minimum Gasteiger partial charge on any atom is -0.233 e. The van der Waals surface area contributed by atoms with Gasteiger partial charge in [-0.15, -0.1) is 0 Å². The van der Waals surface area contributed by atoms with Gasteiger partial charge in [0.05, 0.1) is 6.07 Å². The lowest BCUT2D eigenvalue weighted by Crippen LogP contribution is -1.97. The van der Waals surface area contributed by atoms with E-state index in [9.17, 15) is 17.6 Å². The van der Waals surface area contributed by atoms with Gasteiger partial charge in [0.1, 0.15) is 23.7 Å². The van der Waals surface area contributed by atoms with E-state index < -0.39 is 29.1 Å². The van der Waals surface area contributed by atoms with Crippen LogP contribution in [0.1, 0.15) is 0 Å². The Kier molecular flexibility index (Phi) is 2.55. The Labute approximate surface area is 87.6 Å². The smallest absolute Gasteiger partial charge is 0.233 e. The molecule has 0 aliphatic heterocycles. The highest BCUT2D eigenvalue weighted by molar-refractivity contribution is 5.59. The summed E-state index contributed by atoms with van der Waals surface area (Å²) < 4.78 is 51.5. The van der Waals surface area contributed by atoms with Gasteiger partial charge in [0.25, 0.3) is 5.95 Å². The summed E-state index contributed by atoms with van der Waals surface area (Å²) >= 11 is 0. The van der Waals surface area contributed by atoms with Crippen molar-refractivity contribution in [1.29, 1.82) is 0 Å². The Bertz CT molecular complexity index is 522. The fourth-order valence-corrected chi connectivity index (χ4v) is 1.19. The Hall–Kier alpha value is -1.98. The van der Waals surface area contributed by atoms with Gasteiger partial charge in [0, 0.05) is 5.56 Å². The Morgan fingerprint density at radius 1 is 0.938 bits per heavy atom. The molecule has 2 nitrogen and oxygen atoms in total. The molecule has 6 heteroatoms. The quantitative estimate of drug-likeness (QED) is 0.552. The monoisotopic (exact) mass is 227 g/mol. The summed E-state index contributed by atoms with van der Waals surface area (Å²) in [5.74, 6) is -4.77. The first-order valence-electron chi connectivity index (χ1n) is 4.12. The fraction of sp³-hybridized carbons (Fsp3) is 0. The number of nitrogens with zero attached hydrogens (tertiary/aromatic N) is 2. The molecule has 1 heterocycles. The molecule has 0 amide bonds. The molecule has 0 saturated heterocycles. The second kappa shape index (κ2) is 3.88. The first-order valence-corrected chi connectivity index (χ1v) is 4.12. The predicted molar refractivity (Wildman–Crippen MR) is 46.1 cm³/mol. The van der Waals surface area contributed by atoms with E-state index in [0.717, 1.165) is 18.5 Å². The van der Waals surface area contributed by atoms with Gasteiger partial charge >= 0.3 is 0 Å². The van der Waals surface area contributed by atoms with Crippen molar-refractivity contribution in [2.45, 2.75) is 0 Å². The summed E-state index contributed by atoms with van der Waals surface area (Å²) in [6, 6.07) is 3.32. The van der Waals surface area contributed by atoms with Crippen molar-refractivity contribution in [2.24, 2.45) is 0 Å². The maximum atomic E-state index is 13.2. The van der Waals surface area contributed by atoms with Crippen LogP contribution in [0.15, 0.2) is 18.5 Å². The van der Waals surface area contributed by atoms with Crippen LogP contribution in [-0.2, 0) is 0 Å². The molecule has 0 bridgehead atoms. The van der Waals surface area contributed by atoms with Gasteiger partial charge in [-0.25, -0.2) is 18.7 Å². The van der Waals surface area contributed by atoms with Crippen LogP contribution in [0, 0.1) is 29.5 Å². The fourth-order valence-electron chi connectivity index (χ4n) is 1.19. The Morgan fingerprint density at radius 2 is 1.56 bits per heavy atom. The van der Waals surface area contributed by atoms with Crippen LogP contribution in [0.25, 0.3) is 11.3 Å². The first-order chi connectivity index (χ1) is 7.58. The summed E-state index contributed by atoms with van der Waals surface area (Å²) in [4.78, 5) is 6.38. The average molecular weight is 227 g/mol. The third kappa shape index (κ3) is 1.86. The van der Waals surface area contributed by atoms with Crippen molar-refractivity contribution in [2.75, 3.05) is 0 Å². The number of halogens is 4. The molecule has 0 aliphatic carbocycles. The molecular weight excluding hydrogens is 224 g/mol. The second-order valence-corrected chi connectivity index (χ2v) is 2.89. The topological polar surface area (TPSA) is 25.8 Å². The largest absolute Gasteiger partial charge is 0.252 e. The predicted octanol–water partition coefficient (Wildman–Crippen LogP) is 2.50. The van der Waals surface area contributed by atoms with Crippen LogP contribution in [0.4, 0.5) is 17.6 Å². The molecule has 0 atom stereocenters. The molecular formula is C10H3F4N2. The zero-order valence-corrected chi connectivity index (χ0v) is 7.64. The second-order valence-electron chi connectivity index (χ2n) is 2.89. The normalized spacial score (nSPS) is 10.5. The standard InChI is InChI=1S/C10H3F4N2/c11-6-1-5(2-7(12)3-6)9-8(13)10(14)16-4-15-9/h1-2,4H. The van der Waals surface area contributed by atoms with E-state index in [1.807, 2.05) is 0 Å². The van der Waals surface area contributed by atoms with Gasteiger partial charge in [0.2, 0.25) is 5.82 Å². The third-order valence-electron chi connectivity index (χ3n) is 1.82.